The molecule has 1 saturated heterocycles. The smallest absolute Gasteiger partial charge is 0.387 e. The number of amidine groups is 1. The van der Waals surface area contributed by atoms with E-state index < -0.39 is 30.8 Å². The minimum absolute atomic E-state index is 0.0159. The van der Waals surface area contributed by atoms with E-state index in [-0.39, 0.29) is 41.9 Å². The molecule has 0 unspecified atom stereocenters. The number of fused-ring (bicyclic) bond motifs is 1. The Bertz CT molecular complexity index is 1010. The van der Waals surface area contributed by atoms with Crippen molar-refractivity contribution in [3.63, 3.8) is 0 Å². The molecule has 4 atom stereocenters. The van der Waals surface area contributed by atoms with Crippen molar-refractivity contribution in [3.8, 4) is 5.75 Å². The van der Waals surface area contributed by atoms with Crippen LogP contribution < -0.4 is 15.8 Å². The number of thiazole rings is 1. The zero-order valence-electron chi connectivity index (χ0n) is 16.8. The summed E-state index contributed by atoms with van der Waals surface area (Å²) in [7, 11) is 0. The normalized spacial score (nSPS) is 27.3. The third-order valence-electron chi connectivity index (χ3n) is 5.28. The maximum Gasteiger partial charge on any atom is 0.387 e. The van der Waals surface area contributed by atoms with Gasteiger partial charge in [0.2, 0.25) is 0 Å². The van der Waals surface area contributed by atoms with Gasteiger partial charge < -0.3 is 25.3 Å². The van der Waals surface area contributed by atoms with Crippen molar-refractivity contribution >= 4 is 29.1 Å². The van der Waals surface area contributed by atoms with Crippen LogP contribution in [0.4, 0.5) is 19.0 Å². The topological polar surface area (TPSA) is 121 Å². The first kappa shape index (κ1) is 22.3. The minimum Gasteiger partial charge on any atom is -0.459 e. The molecule has 0 bridgehead atoms. The SMILES string of the molecule is C[C@H]1C[C@H]2[C@@H](CF)OC(N)=N[C@@]2(c2nc(NC(=O)c3ccc(OC(F)F)cn3)cs2)CO1. The van der Waals surface area contributed by atoms with Gasteiger partial charge in [0.1, 0.15) is 40.6 Å². The highest BCUT2D eigenvalue weighted by Crippen LogP contribution is 2.47. The van der Waals surface area contributed by atoms with Crippen molar-refractivity contribution in [1.82, 2.24) is 9.97 Å². The van der Waals surface area contributed by atoms with Crippen LogP contribution in [-0.4, -0.2) is 54.0 Å². The van der Waals surface area contributed by atoms with Crippen molar-refractivity contribution in [3.05, 3.63) is 34.4 Å². The molecule has 32 heavy (non-hydrogen) atoms. The van der Waals surface area contributed by atoms with Crippen molar-refractivity contribution in [1.29, 1.82) is 0 Å². The van der Waals surface area contributed by atoms with Gasteiger partial charge in [-0.15, -0.1) is 11.3 Å². The number of nitrogens with zero attached hydrogens (tertiary/aromatic N) is 3. The second kappa shape index (κ2) is 8.90. The number of amides is 1. The standard InChI is InChI=1S/C19H20F3N5O4S/c1-9-4-11-13(5-20)31-18(23)27-19(11,8-29-9)16-26-14(7-32-16)25-15(28)12-3-2-10(6-24-12)30-17(21)22/h2-3,6-7,9,11,13,17H,4-5,8H2,1H3,(H2,23,27)(H,25,28)/t9-,11-,13+,19-/m0/s1. The molecule has 3 N–H and O–H groups in total. The molecule has 0 saturated carbocycles. The van der Waals surface area contributed by atoms with Crippen LogP contribution in [-0.2, 0) is 15.0 Å². The molecule has 4 rings (SSSR count). The number of alkyl halides is 3. The minimum atomic E-state index is -2.99. The van der Waals surface area contributed by atoms with Crippen molar-refractivity contribution in [2.45, 2.75) is 37.7 Å². The van der Waals surface area contributed by atoms with Gasteiger partial charge in [-0.1, -0.05) is 0 Å². The van der Waals surface area contributed by atoms with E-state index in [1.807, 2.05) is 6.92 Å². The van der Waals surface area contributed by atoms with Gasteiger partial charge in [0.05, 0.1) is 18.9 Å². The van der Waals surface area contributed by atoms with E-state index in [0.717, 1.165) is 6.20 Å². The number of nitrogens with one attached hydrogen (secondary N) is 1. The molecule has 172 valence electrons. The highest BCUT2D eigenvalue weighted by Gasteiger charge is 2.54. The number of nitrogens with two attached hydrogens (primary N) is 1. The van der Waals surface area contributed by atoms with Gasteiger partial charge in [0.15, 0.2) is 0 Å². The third-order valence-corrected chi connectivity index (χ3v) is 6.29. The Kier molecular flexibility index (Phi) is 6.20. The zero-order valence-corrected chi connectivity index (χ0v) is 17.7. The van der Waals surface area contributed by atoms with E-state index in [4.69, 9.17) is 15.2 Å². The van der Waals surface area contributed by atoms with Gasteiger partial charge in [-0.25, -0.2) is 19.4 Å². The predicted octanol–water partition coefficient (Wildman–Crippen LogP) is 2.70. The quantitative estimate of drug-likeness (QED) is 0.664. The molecule has 2 aliphatic rings. The molecule has 0 aromatic carbocycles. The molecule has 0 spiro atoms. The predicted molar refractivity (Wildman–Crippen MR) is 109 cm³/mol. The molecular weight excluding hydrogens is 451 g/mol. The van der Waals surface area contributed by atoms with Crippen molar-refractivity contribution in [2.75, 3.05) is 18.6 Å². The summed E-state index contributed by atoms with van der Waals surface area (Å²) in [5.74, 6) is -0.873. The van der Waals surface area contributed by atoms with Gasteiger partial charge in [0, 0.05) is 11.3 Å². The summed E-state index contributed by atoms with van der Waals surface area (Å²) < 4.78 is 53.6. The third kappa shape index (κ3) is 4.35. The first-order chi connectivity index (χ1) is 15.3. The van der Waals surface area contributed by atoms with E-state index in [0.29, 0.717) is 11.4 Å². The zero-order chi connectivity index (χ0) is 22.9. The van der Waals surface area contributed by atoms with Crippen LogP contribution in [0.5, 0.6) is 5.75 Å². The number of ether oxygens (including phenoxy) is 3. The second-order valence-electron chi connectivity index (χ2n) is 7.40. The number of halogens is 3. The van der Waals surface area contributed by atoms with Crippen LogP contribution in [0.2, 0.25) is 0 Å². The van der Waals surface area contributed by atoms with Gasteiger partial charge >= 0.3 is 6.61 Å². The average molecular weight is 471 g/mol. The highest BCUT2D eigenvalue weighted by molar-refractivity contribution is 7.10. The molecule has 2 aromatic heterocycles. The summed E-state index contributed by atoms with van der Waals surface area (Å²) in [5, 5.41) is 4.71. The lowest BCUT2D eigenvalue weighted by molar-refractivity contribution is -0.102. The Morgan fingerprint density at radius 2 is 2.28 bits per heavy atom. The van der Waals surface area contributed by atoms with Gasteiger partial charge in [-0.2, -0.15) is 8.78 Å². The van der Waals surface area contributed by atoms with E-state index in [9.17, 15) is 18.0 Å². The number of anilines is 1. The van der Waals surface area contributed by atoms with Crippen LogP contribution in [0.15, 0.2) is 28.7 Å². The lowest BCUT2D eigenvalue weighted by atomic mass is 9.75. The molecule has 13 heteroatoms. The Morgan fingerprint density at radius 3 is 2.97 bits per heavy atom. The summed E-state index contributed by atoms with van der Waals surface area (Å²) >= 11 is 1.22. The van der Waals surface area contributed by atoms with Crippen LogP contribution in [0.1, 0.15) is 28.8 Å². The highest BCUT2D eigenvalue weighted by atomic mass is 32.1. The van der Waals surface area contributed by atoms with E-state index in [2.05, 4.69) is 25.0 Å². The van der Waals surface area contributed by atoms with E-state index >= 15 is 0 Å². The maximum absolute atomic E-state index is 13.7. The lowest BCUT2D eigenvalue weighted by Crippen LogP contribution is -2.56. The molecule has 1 fully saturated rings. The average Bonchev–Trinajstić information content (AvgIpc) is 3.22. The maximum atomic E-state index is 13.7. The first-order valence-electron chi connectivity index (χ1n) is 9.68. The lowest BCUT2D eigenvalue weighted by Gasteiger charge is -2.46. The number of aliphatic imine (C=N–C) groups is 1. The summed E-state index contributed by atoms with van der Waals surface area (Å²) in [5.41, 5.74) is 4.78. The largest absolute Gasteiger partial charge is 0.459 e. The number of carbonyl (C=O) groups is 1. The Balaban J connectivity index is 1.54. The number of hydrogen-bond donors (Lipinski definition) is 2. The van der Waals surface area contributed by atoms with E-state index in [1.54, 1.807) is 5.38 Å². The van der Waals surface area contributed by atoms with Crippen molar-refractivity contribution < 1.29 is 32.2 Å². The number of rotatable bonds is 6. The number of pyridine rings is 1. The number of carbonyl (C=O) groups excluding carboxylic acids is 1. The molecule has 2 aliphatic heterocycles. The molecular formula is C19H20F3N5O4S. The fourth-order valence-corrected chi connectivity index (χ4v) is 4.78. The monoisotopic (exact) mass is 471 g/mol. The van der Waals surface area contributed by atoms with Gasteiger partial charge in [-0.3, -0.25) is 4.79 Å². The van der Waals surface area contributed by atoms with E-state index in [1.165, 1.54) is 23.5 Å². The Hall–Kier alpha value is -2.93. The summed E-state index contributed by atoms with van der Waals surface area (Å²) in [4.78, 5) is 25.2. The summed E-state index contributed by atoms with van der Waals surface area (Å²) in [6, 6.07) is 2.32. The van der Waals surface area contributed by atoms with Crippen LogP contribution in [0.25, 0.3) is 0 Å². The molecule has 0 aliphatic carbocycles. The number of hydrogen-bond acceptors (Lipinski definition) is 9. The van der Waals surface area contributed by atoms with Crippen LogP contribution in [0.3, 0.4) is 0 Å². The molecule has 9 nitrogen and oxygen atoms in total. The van der Waals surface area contributed by atoms with Gasteiger partial charge in [-0.05, 0) is 25.5 Å². The Labute approximate surface area is 184 Å². The molecule has 2 aromatic rings. The van der Waals surface area contributed by atoms with Gasteiger partial charge in [0.25, 0.3) is 11.9 Å². The van der Waals surface area contributed by atoms with Crippen molar-refractivity contribution in [2.24, 2.45) is 16.6 Å². The second-order valence-corrected chi connectivity index (χ2v) is 8.26. The molecule has 0 radical (unpaired) electrons. The van der Waals surface area contributed by atoms with Crippen LogP contribution >= 0.6 is 11.3 Å². The molecule has 4 heterocycles. The fraction of sp³-hybridized carbons (Fsp3) is 0.474. The Morgan fingerprint density at radius 1 is 1.47 bits per heavy atom. The summed E-state index contributed by atoms with van der Waals surface area (Å²) in [6.45, 7) is -1.69. The fourth-order valence-electron chi connectivity index (χ4n) is 3.84. The number of aromatic nitrogens is 2. The first-order valence-corrected chi connectivity index (χ1v) is 10.6. The summed E-state index contributed by atoms with van der Waals surface area (Å²) in [6.07, 6.45) is 0.638. The van der Waals surface area contributed by atoms with Crippen LogP contribution in [0, 0.1) is 5.92 Å². The molecule has 1 amide bonds.